The van der Waals surface area contributed by atoms with Gasteiger partial charge >= 0.3 is 0 Å². The summed E-state index contributed by atoms with van der Waals surface area (Å²) in [5, 5.41) is 19.5. The Bertz CT molecular complexity index is 1220. The number of oxime groups is 1. The largest absolute Gasteiger partial charge is 0.543 e. The minimum absolute atomic E-state index is 0.0595. The third-order valence-electron chi connectivity index (χ3n) is 5.14. The number of thioether (sulfide) groups is 2. The van der Waals surface area contributed by atoms with Gasteiger partial charge in [0.1, 0.15) is 18.8 Å². The summed E-state index contributed by atoms with van der Waals surface area (Å²) in [5.41, 5.74) is 5.10. The molecule has 2 aromatic heterocycles. The summed E-state index contributed by atoms with van der Waals surface area (Å²) in [7, 11) is 1.89. The van der Waals surface area contributed by atoms with E-state index in [4.69, 9.17) is 5.73 Å². The molecule has 0 saturated carbocycles. The lowest BCUT2D eigenvalue weighted by atomic mass is 9.94. The first-order valence-corrected chi connectivity index (χ1v) is 12.9. The number of carbonyl (C=O) groups is 3. The second-order valence-electron chi connectivity index (χ2n) is 7.33. The van der Waals surface area contributed by atoms with Gasteiger partial charge in [-0.15, -0.1) is 34.9 Å². The van der Waals surface area contributed by atoms with Crippen LogP contribution < -0.4 is 20.7 Å². The van der Waals surface area contributed by atoms with Gasteiger partial charge in [-0.1, -0.05) is 5.16 Å². The van der Waals surface area contributed by atoms with Crippen molar-refractivity contribution in [2.75, 3.05) is 24.1 Å². The zero-order valence-electron chi connectivity index (χ0n) is 18.2. The lowest BCUT2D eigenvalue weighted by molar-refractivity contribution is -0.671. The number of carboxylic acids is 1. The molecule has 1 saturated heterocycles. The molecule has 4 heterocycles. The Kier molecular flexibility index (Phi) is 7.57. The Morgan fingerprint density at radius 1 is 1.46 bits per heavy atom. The van der Waals surface area contributed by atoms with Crippen molar-refractivity contribution in [1.29, 1.82) is 0 Å². The third-order valence-corrected chi connectivity index (χ3v) is 8.22. The lowest BCUT2D eigenvalue weighted by Crippen LogP contribution is -2.73. The molecule has 4 rings (SSSR count). The molecule has 35 heavy (non-hydrogen) atoms. The van der Waals surface area contributed by atoms with E-state index in [0.717, 1.165) is 21.1 Å². The number of aryl methyl sites for hydroxylation is 1. The highest BCUT2D eigenvalue weighted by Gasteiger charge is 2.52. The fourth-order valence-electron chi connectivity index (χ4n) is 3.49. The van der Waals surface area contributed by atoms with Gasteiger partial charge in [-0.05, 0) is 0 Å². The summed E-state index contributed by atoms with van der Waals surface area (Å²) in [6.07, 6.45) is 3.76. The first-order chi connectivity index (χ1) is 16.8. The van der Waals surface area contributed by atoms with E-state index < -0.39 is 36.7 Å². The van der Waals surface area contributed by atoms with Crippen molar-refractivity contribution in [2.45, 2.75) is 17.0 Å². The van der Waals surface area contributed by atoms with Gasteiger partial charge < -0.3 is 30.7 Å². The number of carboxylic acid groups (broad SMARTS) is 1. The number of rotatable bonds is 9. The molecule has 0 radical (unpaired) electrons. The van der Waals surface area contributed by atoms with Gasteiger partial charge in [0.25, 0.3) is 18.7 Å². The molecule has 1 fully saturated rings. The van der Waals surface area contributed by atoms with E-state index in [1.54, 1.807) is 0 Å². The predicted molar refractivity (Wildman–Crippen MR) is 126 cm³/mol. The van der Waals surface area contributed by atoms with E-state index >= 15 is 0 Å². The number of fused-ring (bicyclic) bond motifs is 1. The maximum atomic E-state index is 12.9. The number of hydrogen-bond acceptors (Lipinski definition) is 11. The highest BCUT2D eigenvalue weighted by Crippen LogP contribution is 2.40. The molecule has 0 aliphatic carbocycles. The molecule has 2 amide bonds. The Morgan fingerprint density at radius 3 is 2.83 bits per heavy atom. The van der Waals surface area contributed by atoms with E-state index in [1.165, 1.54) is 28.9 Å². The van der Waals surface area contributed by atoms with E-state index in [1.807, 2.05) is 36.1 Å². The molecule has 0 spiro atoms. The second-order valence-corrected chi connectivity index (χ2v) is 10.4. The fraction of sp³-hybridized carbons (Fsp3) is 0.300. The third kappa shape index (κ3) is 5.26. The number of β-lactam (4-membered cyclic amide) rings is 1. The normalized spacial score (nSPS) is 19.8. The van der Waals surface area contributed by atoms with Crippen molar-refractivity contribution < 1.29 is 33.3 Å². The lowest BCUT2D eigenvalue weighted by Gasteiger charge is -2.51. The summed E-state index contributed by atoms with van der Waals surface area (Å²) in [6.45, 7) is -1.27. The summed E-state index contributed by atoms with van der Waals surface area (Å²) in [5.74, 6) is -2.18. The molecule has 0 bridgehead atoms. The van der Waals surface area contributed by atoms with Crippen LogP contribution >= 0.6 is 34.9 Å². The van der Waals surface area contributed by atoms with Gasteiger partial charge in [0.15, 0.2) is 23.2 Å². The zero-order chi connectivity index (χ0) is 25.1. The zero-order valence-corrected chi connectivity index (χ0v) is 20.6. The topological polar surface area (TPSA) is 154 Å². The standard InChI is InChI=1S/C20H19FN6O5S3/c1-26-4-2-10(3-5-26)33-8-13-16(19(30)31)27-12(7-34-13)15(18(27)29)24-17(28)14(25-32-9-21)11-6-35-20(22)23-11/h2-6,12,15H,7-9H2,1H3,(H3-,22,23,24,28,30,31)/b25-14-/t12-,15+/m1/s1. The Balaban J connectivity index is 1.48. The van der Waals surface area contributed by atoms with Crippen molar-refractivity contribution in [3.05, 3.63) is 46.2 Å². The molecule has 15 heteroatoms. The summed E-state index contributed by atoms with van der Waals surface area (Å²) in [6, 6.07) is 2.21. The fourth-order valence-corrected chi connectivity index (χ4v) is 6.33. The van der Waals surface area contributed by atoms with Crippen molar-refractivity contribution in [3.8, 4) is 0 Å². The van der Waals surface area contributed by atoms with Crippen LogP contribution in [0.5, 0.6) is 0 Å². The predicted octanol–water partition coefficient (Wildman–Crippen LogP) is -0.606. The van der Waals surface area contributed by atoms with E-state index in [9.17, 15) is 23.9 Å². The van der Waals surface area contributed by atoms with Crippen LogP contribution in [0.3, 0.4) is 0 Å². The number of nitrogens with two attached hydrogens (primary N) is 1. The number of thiazole rings is 1. The molecule has 11 nitrogen and oxygen atoms in total. The average Bonchev–Trinajstić information content (AvgIpc) is 3.27. The van der Waals surface area contributed by atoms with Crippen molar-refractivity contribution in [3.63, 3.8) is 0 Å². The van der Waals surface area contributed by atoms with Gasteiger partial charge in [0, 0.05) is 38.8 Å². The van der Waals surface area contributed by atoms with Crippen LogP contribution in [0.15, 0.2) is 50.6 Å². The Morgan fingerprint density at radius 2 is 2.20 bits per heavy atom. The highest BCUT2D eigenvalue weighted by molar-refractivity contribution is 8.06. The molecule has 2 aliphatic heterocycles. The molecule has 3 N–H and O–H groups in total. The SMILES string of the molecule is C[n+]1ccc(SCC2=C(C(=O)[O-])N3C(=O)[C@@H](NC(=O)/C(=N\OCF)c4csc(N)n4)[C@H]3CS2)cc1. The van der Waals surface area contributed by atoms with Gasteiger partial charge in [-0.2, -0.15) is 0 Å². The number of aromatic nitrogens is 2. The number of nitrogens with one attached hydrogen (secondary N) is 1. The minimum atomic E-state index is -1.47. The molecular weight excluding hydrogens is 519 g/mol. The number of anilines is 1. The van der Waals surface area contributed by atoms with E-state index in [-0.39, 0.29) is 22.2 Å². The molecule has 0 aromatic carbocycles. The maximum Gasteiger partial charge on any atom is 0.276 e. The average molecular weight is 539 g/mol. The number of pyridine rings is 1. The van der Waals surface area contributed by atoms with Crippen LogP contribution in [0.1, 0.15) is 5.69 Å². The number of nitrogens with zero attached hydrogens (tertiary/aromatic N) is 4. The molecule has 2 aliphatic rings. The van der Waals surface area contributed by atoms with E-state index in [0.29, 0.717) is 16.4 Å². The van der Waals surface area contributed by atoms with Crippen LogP contribution in [0.25, 0.3) is 0 Å². The van der Waals surface area contributed by atoms with Gasteiger partial charge in [0.05, 0.1) is 17.7 Å². The van der Waals surface area contributed by atoms with Gasteiger partial charge in [-0.3, -0.25) is 9.59 Å². The number of nitrogen functional groups attached to an aromatic ring is 1. The summed E-state index contributed by atoms with van der Waals surface area (Å²) in [4.78, 5) is 48.5. The van der Waals surface area contributed by atoms with Crippen LogP contribution in [-0.2, 0) is 26.3 Å². The van der Waals surface area contributed by atoms with Crippen LogP contribution in [0.2, 0.25) is 0 Å². The molecule has 0 unspecified atom stereocenters. The van der Waals surface area contributed by atoms with Crippen LogP contribution in [-0.4, -0.2) is 63.8 Å². The number of amides is 2. The van der Waals surface area contributed by atoms with Gasteiger partial charge in [0.2, 0.25) is 0 Å². The van der Waals surface area contributed by atoms with E-state index in [2.05, 4.69) is 20.3 Å². The monoisotopic (exact) mass is 538 g/mol. The first kappa shape index (κ1) is 24.9. The minimum Gasteiger partial charge on any atom is -0.543 e. The highest BCUT2D eigenvalue weighted by atomic mass is 32.2. The first-order valence-electron chi connectivity index (χ1n) is 10.1. The van der Waals surface area contributed by atoms with Crippen molar-refractivity contribution >= 4 is 63.5 Å². The second kappa shape index (κ2) is 10.6. The quantitative estimate of drug-likeness (QED) is 0.140. The van der Waals surface area contributed by atoms with Crippen LogP contribution in [0, 0.1) is 0 Å². The molecular formula is C20H19FN6O5S3. The number of hydrogen-bond donors (Lipinski definition) is 2. The Labute approximate surface area is 211 Å². The van der Waals surface area contributed by atoms with Crippen LogP contribution in [0.4, 0.5) is 9.52 Å². The number of alkyl halides is 1. The molecule has 184 valence electrons. The van der Waals surface area contributed by atoms with Crippen molar-refractivity contribution in [1.82, 2.24) is 15.2 Å². The Hall–Kier alpha value is -3.17. The summed E-state index contributed by atoms with van der Waals surface area (Å²) >= 11 is 3.78. The maximum absolute atomic E-state index is 12.9. The molecule has 2 atom stereocenters. The summed E-state index contributed by atoms with van der Waals surface area (Å²) < 4.78 is 14.4. The number of halogens is 1. The molecule has 2 aromatic rings. The smallest absolute Gasteiger partial charge is 0.276 e. The number of carbonyl (C=O) groups excluding carboxylic acids is 3. The number of aliphatic carboxylic acids is 1. The van der Waals surface area contributed by atoms with Gasteiger partial charge in [-0.25, -0.2) is 13.9 Å². The van der Waals surface area contributed by atoms with Crippen molar-refractivity contribution in [2.24, 2.45) is 12.2 Å².